The predicted molar refractivity (Wildman–Crippen MR) is 82.8 cm³/mol. The van der Waals surface area contributed by atoms with Gasteiger partial charge < -0.3 is 4.74 Å². The van der Waals surface area contributed by atoms with Crippen molar-refractivity contribution >= 4 is 6.29 Å². The van der Waals surface area contributed by atoms with Gasteiger partial charge in [0.15, 0.2) is 0 Å². The van der Waals surface area contributed by atoms with Gasteiger partial charge in [-0.25, -0.2) is 0 Å². The number of aromatic nitrogens is 3. The molecule has 3 rings (SSSR count). The zero-order valence-corrected chi connectivity index (χ0v) is 12.6. The number of benzene rings is 1. The first-order chi connectivity index (χ1) is 10.8. The lowest BCUT2D eigenvalue weighted by molar-refractivity contribution is 0.112. The van der Waals surface area contributed by atoms with Gasteiger partial charge in [-0.05, 0) is 36.6 Å². The van der Waals surface area contributed by atoms with Crippen LogP contribution in [0.3, 0.4) is 0 Å². The molecule has 1 saturated carbocycles. The molecule has 1 aliphatic rings. The maximum atomic E-state index is 10.7. The Balaban J connectivity index is 1.71. The number of ether oxygens (including phenoxy) is 1. The Labute approximate surface area is 130 Å². The number of hydrogen-bond acceptors (Lipinski definition) is 4. The summed E-state index contributed by atoms with van der Waals surface area (Å²) in [6.45, 7) is 0. The topological polar surface area (TPSA) is 67.9 Å². The predicted octanol–water partition coefficient (Wildman–Crippen LogP) is 3.71. The first kappa shape index (κ1) is 14.8. The SMILES string of the molecule is O=Cc1ccc(OC(CC2CCCCC2)c2cn[nH]n2)cc1. The van der Waals surface area contributed by atoms with Crippen molar-refractivity contribution < 1.29 is 9.53 Å². The van der Waals surface area contributed by atoms with Crippen LogP contribution in [-0.2, 0) is 0 Å². The zero-order valence-electron chi connectivity index (χ0n) is 12.6. The summed E-state index contributed by atoms with van der Waals surface area (Å²) in [7, 11) is 0. The number of hydrogen-bond donors (Lipinski definition) is 1. The van der Waals surface area contributed by atoms with Gasteiger partial charge in [0.25, 0.3) is 0 Å². The second-order valence-electron chi connectivity index (χ2n) is 5.93. The van der Waals surface area contributed by atoms with Crippen molar-refractivity contribution in [2.45, 2.75) is 44.6 Å². The molecule has 116 valence electrons. The van der Waals surface area contributed by atoms with E-state index in [9.17, 15) is 4.79 Å². The third-order valence-electron chi connectivity index (χ3n) is 4.33. The third kappa shape index (κ3) is 3.72. The van der Waals surface area contributed by atoms with Crippen LogP contribution in [-0.4, -0.2) is 21.7 Å². The van der Waals surface area contributed by atoms with E-state index >= 15 is 0 Å². The molecule has 2 aromatic rings. The van der Waals surface area contributed by atoms with E-state index in [0.29, 0.717) is 11.5 Å². The monoisotopic (exact) mass is 299 g/mol. The number of nitrogens with one attached hydrogen (secondary N) is 1. The number of aldehydes is 1. The summed E-state index contributed by atoms with van der Waals surface area (Å²) < 4.78 is 6.12. The largest absolute Gasteiger partial charge is 0.484 e. The van der Waals surface area contributed by atoms with E-state index in [1.807, 2.05) is 12.1 Å². The molecule has 22 heavy (non-hydrogen) atoms. The summed E-state index contributed by atoms with van der Waals surface area (Å²) in [5.74, 6) is 1.44. The highest BCUT2D eigenvalue weighted by Gasteiger charge is 2.23. The molecule has 0 radical (unpaired) electrons. The van der Waals surface area contributed by atoms with Gasteiger partial charge in [-0.2, -0.15) is 15.4 Å². The minimum Gasteiger partial charge on any atom is -0.484 e. The minimum absolute atomic E-state index is 0.0936. The summed E-state index contributed by atoms with van der Waals surface area (Å²) in [5, 5.41) is 10.8. The minimum atomic E-state index is -0.0936. The lowest BCUT2D eigenvalue weighted by Crippen LogP contribution is -2.16. The summed E-state index contributed by atoms with van der Waals surface area (Å²) in [6.07, 6.45) is 9.93. The van der Waals surface area contributed by atoms with E-state index in [4.69, 9.17) is 4.74 Å². The summed E-state index contributed by atoms with van der Waals surface area (Å²) in [6, 6.07) is 7.20. The normalized spacial score (nSPS) is 17.1. The van der Waals surface area contributed by atoms with Gasteiger partial charge in [0.05, 0.1) is 6.20 Å². The average Bonchev–Trinajstić information content (AvgIpc) is 3.10. The van der Waals surface area contributed by atoms with E-state index < -0.39 is 0 Å². The lowest BCUT2D eigenvalue weighted by Gasteiger charge is -2.26. The van der Waals surface area contributed by atoms with Gasteiger partial charge in [0.1, 0.15) is 23.8 Å². The van der Waals surface area contributed by atoms with E-state index in [-0.39, 0.29) is 6.10 Å². The molecule has 0 saturated heterocycles. The summed E-state index contributed by atoms with van der Waals surface area (Å²) >= 11 is 0. The van der Waals surface area contributed by atoms with E-state index in [2.05, 4.69) is 15.4 Å². The molecular formula is C17H21N3O2. The Morgan fingerprint density at radius 2 is 2.00 bits per heavy atom. The molecule has 1 atom stereocenters. The molecule has 1 unspecified atom stereocenters. The number of rotatable bonds is 6. The maximum Gasteiger partial charge on any atom is 0.150 e. The first-order valence-electron chi connectivity index (χ1n) is 7.92. The number of aromatic amines is 1. The van der Waals surface area contributed by atoms with Crippen molar-refractivity contribution in [3.8, 4) is 5.75 Å². The fraction of sp³-hybridized carbons (Fsp3) is 0.471. The Kier molecular flexibility index (Phi) is 4.83. The lowest BCUT2D eigenvalue weighted by atomic mass is 9.85. The van der Waals surface area contributed by atoms with Gasteiger partial charge in [-0.1, -0.05) is 32.1 Å². The number of H-pyrrole nitrogens is 1. The van der Waals surface area contributed by atoms with Gasteiger partial charge in [-0.3, -0.25) is 4.79 Å². The molecule has 5 heteroatoms. The molecule has 1 aromatic carbocycles. The van der Waals surface area contributed by atoms with E-state index in [0.717, 1.165) is 24.2 Å². The van der Waals surface area contributed by atoms with Crippen LogP contribution in [0.25, 0.3) is 0 Å². The molecule has 0 amide bonds. The van der Waals surface area contributed by atoms with Crippen molar-refractivity contribution in [2.24, 2.45) is 5.92 Å². The zero-order chi connectivity index (χ0) is 15.2. The van der Waals surface area contributed by atoms with Crippen molar-refractivity contribution in [1.82, 2.24) is 15.4 Å². The second-order valence-corrected chi connectivity index (χ2v) is 5.93. The van der Waals surface area contributed by atoms with E-state index in [1.165, 1.54) is 32.1 Å². The maximum absolute atomic E-state index is 10.7. The van der Waals surface area contributed by atoms with Crippen molar-refractivity contribution in [3.63, 3.8) is 0 Å². The van der Waals surface area contributed by atoms with Crippen LogP contribution in [0.15, 0.2) is 30.5 Å². The highest BCUT2D eigenvalue weighted by Crippen LogP contribution is 2.33. The fourth-order valence-electron chi connectivity index (χ4n) is 3.11. The fourth-order valence-corrected chi connectivity index (χ4v) is 3.11. The van der Waals surface area contributed by atoms with Crippen LogP contribution in [0.1, 0.15) is 60.7 Å². The molecular weight excluding hydrogens is 278 g/mol. The standard InChI is InChI=1S/C17H21N3O2/c21-12-14-6-8-15(9-7-14)22-17(16-11-18-20-19-16)10-13-4-2-1-3-5-13/h6-9,11-13,17H,1-5,10H2,(H,18,19,20). The third-order valence-corrected chi connectivity index (χ3v) is 4.33. The van der Waals surface area contributed by atoms with Crippen molar-refractivity contribution in [3.05, 3.63) is 41.7 Å². The Morgan fingerprint density at radius 3 is 2.64 bits per heavy atom. The van der Waals surface area contributed by atoms with Gasteiger partial charge >= 0.3 is 0 Å². The summed E-state index contributed by atoms with van der Waals surface area (Å²) in [5.41, 5.74) is 1.49. The van der Waals surface area contributed by atoms with Crippen molar-refractivity contribution in [1.29, 1.82) is 0 Å². The van der Waals surface area contributed by atoms with Crippen LogP contribution in [0.2, 0.25) is 0 Å². The number of carbonyl (C=O) groups is 1. The highest BCUT2D eigenvalue weighted by atomic mass is 16.5. The van der Waals surface area contributed by atoms with Crippen LogP contribution in [0.4, 0.5) is 0 Å². The molecule has 1 fully saturated rings. The molecule has 1 aliphatic carbocycles. The molecule has 1 N–H and O–H groups in total. The Hall–Kier alpha value is -2.17. The van der Waals surface area contributed by atoms with Crippen molar-refractivity contribution in [2.75, 3.05) is 0 Å². The number of carbonyl (C=O) groups excluding carboxylic acids is 1. The molecule has 1 aromatic heterocycles. The quantitative estimate of drug-likeness (QED) is 0.826. The average molecular weight is 299 g/mol. The number of nitrogens with zero attached hydrogens (tertiary/aromatic N) is 2. The summed E-state index contributed by atoms with van der Waals surface area (Å²) in [4.78, 5) is 10.7. The van der Waals surface area contributed by atoms with Crippen LogP contribution < -0.4 is 4.74 Å². The molecule has 0 bridgehead atoms. The first-order valence-corrected chi connectivity index (χ1v) is 7.92. The van der Waals surface area contributed by atoms with E-state index in [1.54, 1.807) is 18.3 Å². The molecule has 1 heterocycles. The molecule has 0 spiro atoms. The smallest absolute Gasteiger partial charge is 0.150 e. The molecule has 5 nitrogen and oxygen atoms in total. The Morgan fingerprint density at radius 1 is 1.23 bits per heavy atom. The van der Waals surface area contributed by atoms with Gasteiger partial charge in [0.2, 0.25) is 0 Å². The van der Waals surface area contributed by atoms with Gasteiger partial charge in [0, 0.05) is 5.56 Å². The van der Waals surface area contributed by atoms with Crippen LogP contribution in [0, 0.1) is 5.92 Å². The molecule has 0 aliphatic heterocycles. The second kappa shape index (κ2) is 7.20. The van der Waals surface area contributed by atoms with Crippen LogP contribution >= 0.6 is 0 Å². The van der Waals surface area contributed by atoms with Crippen LogP contribution in [0.5, 0.6) is 5.75 Å². The Bertz CT molecular complexity index is 574. The highest BCUT2D eigenvalue weighted by molar-refractivity contribution is 5.74. The van der Waals surface area contributed by atoms with Gasteiger partial charge in [-0.15, -0.1) is 0 Å².